The van der Waals surface area contributed by atoms with Crippen molar-refractivity contribution in [1.29, 1.82) is 0 Å². The number of nitrogens with one attached hydrogen (secondary N) is 1. The van der Waals surface area contributed by atoms with Crippen molar-refractivity contribution >= 4 is 59.9 Å². The predicted molar refractivity (Wildman–Crippen MR) is 113 cm³/mol. The molecular formula is C18H15ClN4O5S2. The van der Waals surface area contributed by atoms with Gasteiger partial charge in [-0.05, 0) is 43.2 Å². The summed E-state index contributed by atoms with van der Waals surface area (Å²) < 4.78 is 27.7. The topological polar surface area (TPSA) is 123 Å². The van der Waals surface area contributed by atoms with E-state index in [-0.39, 0.29) is 22.3 Å². The van der Waals surface area contributed by atoms with Crippen molar-refractivity contribution < 1.29 is 18.1 Å². The maximum absolute atomic E-state index is 13.0. The monoisotopic (exact) mass is 466 g/mol. The Morgan fingerprint density at radius 3 is 2.70 bits per heavy atom. The van der Waals surface area contributed by atoms with E-state index in [0.717, 1.165) is 11.3 Å². The van der Waals surface area contributed by atoms with E-state index >= 15 is 0 Å². The Kier molecular flexibility index (Phi) is 5.45. The molecule has 1 aromatic heterocycles. The lowest BCUT2D eigenvalue weighted by Crippen LogP contribution is -2.43. The van der Waals surface area contributed by atoms with Gasteiger partial charge in [-0.25, -0.2) is 13.4 Å². The van der Waals surface area contributed by atoms with Gasteiger partial charge in [0, 0.05) is 23.7 Å². The summed E-state index contributed by atoms with van der Waals surface area (Å²) in [4.78, 5) is 27.6. The summed E-state index contributed by atoms with van der Waals surface area (Å²) in [5, 5.41) is 14.2. The molecule has 1 unspecified atom stereocenters. The Balaban J connectivity index is 1.56. The minimum absolute atomic E-state index is 0.0684. The number of hydrogen-bond donors (Lipinski definition) is 1. The molecule has 1 aliphatic heterocycles. The lowest BCUT2D eigenvalue weighted by atomic mass is 10.2. The van der Waals surface area contributed by atoms with Crippen LogP contribution in [0.4, 0.5) is 10.8 Å². The molecule has 1 saturated heterocycles. The van der Waals surface area contributed by atoms with Crippen LogP contribution >= 0.6 is 22.9 Å². The fraction of sp³-hybridized carbons (Fsp3) is 0.222. The van der Waals surface area contributed by atoms with Crippen LogP contribution < -0.4 is 5.32 Å². The van der Waals surface area contributed by atoms with Gasteiger partial charge in [0.15, 0.2) is 5.13 Å². The standard InChI is InChI=1S/C18H15ClN4O5S2/c19-11-3-6-13(7-4-11)30(27,28)22-9-1-2-15(22)17(24)21-18-20-14-8-5-12(23(25)26)10-16(14)29-18/h3-8,10,15H,1-2,9H2,(H,20,21,24). The fourth-order valence-corrected chi connectivity index (χ4v) is 5.99. The molecule has 1 fully saturated rings. The van der Waals surface area contributed by atoms with E-state index in [1.807, 2.05) is 0 Å². The molecule has 1 aliphatic rings. The molecule has 2 heterocycles. The van der Waals surface area contributed by atoms with Crippen molar-refractivity contribution in [2.24, 2.45) is 0 Å². The second kappa shape index (κ2) is 7.91. The first-order valence-electron chi connectivity index (χ1n) is 8.89. The molecule has 30 heavy (non-hydrogen) atoms. The minimum Gasteiger partial charge on any atom is -0.301 e. The molecule has 2 aromatic carbocycles. The van der Waals surface area contributed by atoms with E-state index in [1.165, 1.54) is 46.8 Å². The summed E-state index contributed by atoms with van der Waals surface area (Å²) in [7, 11) is -3.86. The zero-order valence-corrected chi connectivity index (χ0v) is 17.7. The second-order valence-corrected chi connectivity index (χ2v) is 10.0. The van der Waals surface area contributed by atoms with Gasteiger partial charge in [0.1, 0.15) is 6.04 Å². The Labute approximate surface area is 180 Å². The van der Waals surface area contributed by atoms with E-state index in [4.69, 9.17) is 11.6 Å². The lowest BCUT2D eigenvalue weighted by Gasteiger charge is -2.23. The molecule has 4 rings (SSSR count). The van der Waals surface area contributed by atoms with E-state index in [0.29, 0.717) is 28.1 Å². The number of anilines is 1. The minimum atomic E-state index is -3.86. The number of fused-ring (bicyclic) bond motifs is 1. The Morgan fingerprint density at radius 1 is 1.27 bits per heavy atom. The highest BCUT2D eigenvalue weighted by molar-refractivity contribution is 7.89. The number of carbonyl (C=O) groups is 1. The molecule has 1 amide bonds. The third-order valence-corrected chi connectivity index (χ3v) is 7.85. The average Bonchev–Trinajstić information content (AvgIpc) is 3.34. The quantitative estimate of drug-likeness (QED) is 0.452. The zero-order chi connectivity index (χ0) is 21.5. The van der Waals surface area contributed by atoms with Crippen molar-refractivity contribution in [3.05, 3.63) is 57.6 Å². The van der Waals surface area contributed by atoms with Gasteiger partial charge in [-0.2, -0.15) is 4.31 Å². The number of halogens is 1. The molecule has 3 aromatic rings. The molecule has 9 nitrogen and oxygen atoms in total. The molecule has 0 radical (unpaired) electrons. The molecule has 156 valence electrons. The number of aromatic nitrogens is 1. The smallest absolute Gasteiger partial charge is 0.270 e. The number of non-ortho nitro benzene ring substituents is 1. The van der Waals surface area contributed by atoms with Gasteiger partial charge in [0.2, 0.25) is 15.9 Å². The van der Waals surface area contributed by atoms with Crippen LogP contribution in [-0.4, -0.2) is 41.1 Å². The second-order valence-electron chi connectivity index (χ2n) is 6.65. The number of thiazole rings is 1. The molecule has 0 bridgehead atoms. The SMILES string of the molecule is O=C(Nc1nc2ccc([N+](=O)[O-])cc2s1)C1CCCN1S(=O)(=O)c1ccc(Cl)cc1. The van der Waals surface area contributed by atoms with E-state index < -0.39 is 26.9 Å². The first kappa shape index (κ1) is 20.7. The maximum atomic E-state index is 13.0. The van der Waals surface area contributed by atoms with Crippen LogP contribution in [0.5, 0.6) is 0 Å². The molecule has 12 heteroatoms. The van der Waals surface area contributed by atoms with Gasteiger partial charge in [-0.3, -0.25) is 14.9 Å². The normalized spacial score (nSPS) is 17.3. The van der Waals surface area contributed by atoms with Gasteiger partial charge >= 0.3 is 0 Å². The largest absolute Gasteiger partial charge is 0.301 e. The molecule has 0 saturated carbocycles. The number of nitro benzene ring substituents is 1. The van der Waals surface area contributed by atoms with E-state index in [1.54, 1.807) is 0 Å². The number of sulfonamides is 1. The van der Waals surface area contributed by atoms with Crippen LogP contribution in [0.15, 0.2) is 47.4 Å². The van der Waals surface area contributed by atoms with Gasteiger partial charge in [-0.15, -0.1) is 0 Å². The highest BCUT2D eigenvalue weighted by atomic mass is 35.5. The van der Waals surface area contributed by atoms with Gasteiger partial charge in [0.05, 0.1) is 20.0 Å². The Morgan fingerprint density at radius 2 is 2.00 bits per heavy atom. The molecule has 1 atom stereocenters. The molecule has 0 spiro atoms. The van der Waals surface area contributed by atoms with Gasteiger partial charge in [-0.1, -0.05) is 22.9 Å². The number of benzene rings is 2. The number of carbonyl (C=O) groups excluding carboxylic acids is 1. The summed E-state index contributed by atoms with van der Waals surface area (Å²) in [5.41, 5.74) is 0.443. The molecule has 0 aliphatic carbocycles. The number of rotatable bonds is 5. The van der Waals surface area contributed by atoms with Gasteiger partial charge < -0.3 is 5.32 Å². The third-order valence-electron chi connectivity index (χ3n) is 4.74. The van der Waals surface area contributed by atoms with Crippen molar-refractivity contribution in [2.45, 2.75) is 23.8 Å². The maximum Gasteiger partial charge on any atom is 0.270 e. The van der Waals surface area contributed by atoms with E-state index in [9.17, 15) is 23.3 Å². The molecular weight excluding hydrogens is 452 g/mol. The summed E-state index contributed by atoms with van der Waals surface area (Å²) in [6, 6.07) is 9.15. The summed E-state index contributed by atoms with van der Waals surface area (Å²) in [5.74, 6) is -0.487. The third kappa shape index (κ3) is 3.88. The van der Waals surface area contributed by atoms with Crippen LogP contribution in [0.25, 0.3) is 10.2 Å². The van der Waals surface area contributed by atoms with Crippen LogP contribution in [0.2, 0.25) is 5.02 Å². The Bertz CT molecular complexity index is 1240. The first-order chi connectivity index (χ1) is 14.3. The number of nitro groups is 1. The highest BCUT2D eigenvalue weighted by Gasteiger charge is 2.39. The average molecular weight is 467 g/mol. The number of nitrogens with zero attached hydrogens (tertiary/aromatic N) is 3. The summed E-state index contributed by atoms with van der Waals surface area (Å²) in [6.45, 7) is 0.231. The first-order valence-corrected chi connectivity index (χ1v) is 11.5. The summed E-state index contributed by atoms with van der Waals surface area (Å²) >= 11 is 6.93. The van der Waals surface area contributed by atoms with Crippen molar-refractivity contribution in [2.75, 3.05) is 11.9 Å². The number of hydrogen-bond acceptors (Lipinski definition) is 7. The van der Waals surface area contributed by atoms with Crippen LogP contribution in [0.3, 0.4) is 0 Å². The predicted octanol–water partition coefficient (Wildman–Crippen LogP) is 3.65. The van der Waals surface area contributed by atoms with Gasteiger partial charge in [0.25, 0.3) is 5.69 Å². The van der Waals surface area contributed by atoms with E-state index in [2.05, 4.69) is 10.3 Å². The zero-order valence-electron chi connectivity index (χ0n) is 15.3. The van der Waals surface area contributed by atoms with Crippen molar-refractivity contribution in [3.8, 4) is 0 Å². The van der Waals surface area contributed by atoms with Crippen molar-refractivity contribution in [3.63, 3.8) is 0 Å². The Hall–Kier alpha value is -2.60. The van der Waals surface area contributed by atoms with Crippen LogP contribution in [-0.2, 0) is 14.8 Å². The van der Waals surface area contributed by atoms with Crippen LogP contribution in [0, 0.1) is 10.1 Å². The molecule has 1 N–H and O–H groups in total. The lowest BCUT2D eigenvalue weighted by molar-refractivity contribution is -0.384. The van der Waals surface area contributed by atoms with Crippen LogP contribution in [0.1, 0.15) is 12.8 Å². The fourth-order valence-electron chi connectivity index (χ4n) is 3.30. The highest BCUT2D eigenvalue weighted by Crippen LogP contribution is 2.31. The summed E-state index contributed by atoms with van der Waals surface area (Å²) in [6.07, 6.45) is 0.936. The van der Waals surface area contributed by atoms with Crippen molar-refractivity contribution in [1.82, 2.24) is 9.29 Å². The number of amides is 1.